The molecule has 2 rings (SSSR count). The summed E-state index contributed by atoms with van der Waals surface area (Å²) in [5, 5.41) is 16.1. The first-order valence-electron chi connectivity index (χ1n) is 8.35. The van der Waals surface area contributed by atoms with Crippen LogP contribution in [0.15, 0.2) is 41.4 Å². The summed E-state index contributed by atoms with van der Waals surface area (Å²) < 4.78 is 31.9. The van der Waals surface area contributed by atoms with Crippen molar-refractivity contribution in [3.8, 4) is 11.5 Å². The van der Waals surface area contributed by atoms with Gasteiger partial charge in [0.1, 0.15) is 23.1 Å². The molecule has 0 unspecified atom stereocenters. The Balaban J connectivity index is 1.96. The van der Waals surface area contributed by atoms with Crippen LogP contribution in [0.4, 0.5) is 8.78 Å². The second kappa shape index (κ2) is 9.60. The van der Waals surface area contributed by atoms with E-state index in [0.717, 1.165) is 23.8 Å². The van der Waals surface area contributed by atoms with Crippen molar-refractivity contribution in [3.63, 3.8) is 0 Å². The van der Waals surface area contributed by atoms with E-state index in [1.807, 2.05) is 6.92 Å². The van der Waals surface area contributed by atoms with Gasteiger partial charge in [0.15, 0.2) is 5.96 Å². The minimum absolute atomic E-state index is 0.0205. The topological polar surface area (TPSA) is 65.9 Å². The van der Waals surface area contributed by atoms with E-state index < -0.39 is 11.6 Å². The zero-order chi connectivity index (χ0) is 18.9. The number of aromatic hydroxyl groups is 1. The number of hydrogen-bond acceptors (Lipinski definition) is 3. The van der Waals surface area contributed by atoms with Crippen LogP contribution in [0.1, 0.15) is 18.1 Å². The van der Waals surface area contributed by atoms with Gasteiger partial charge in [-0.05, 0) is 43.2 Å². The number of phenolic OH excluding ortho intramolecular Hbond substituents is 1. The van der Waals surface area contributed by atoms with Crippen molar-refractivity contribution in [1.82, 2.24) is 10.6 Å². The Morgan fingerprint density at radius 2 is 1.92 bits per heavy atom. The molecule has 140 valence electrons. The highest BCUT2D eigenvalue weighted by molar-refractivity contribution is 5.79. The summed E-state index contributed by atoms with van der Waals surface area (Å²) in [5.41, 5.74) is 0.959. The number of ether oxygens (including phenoxy) is 1. The molecule has 0 amide bonds. The molecule has 26 heavy (non-hydrogen) atoms. The summed E-state index contributed by atoms with van der Waals surface area (Å²) in [5.74, 6) is 0.254. The van der Waals surface area contributed by atoms with Gasteiger partial charge in [-0.2, -0.15) is 0 Å². The Kier molecular flexibility index (Phi) is 7.20. The van der Waals surface area contributed by atoms with Crippen LogP contribution >= 0.6 is 0 Å². The SMILES string of the molecule is CCNC(=NCc1cc(F)ccc1F)NCCc1ccc(OC)cc1O. The van der Waals surface area contributed by atoms with Crippen LogP contribution in [-0.2, 0) is 13.0 Å². The maximum Gasteiger partial charge on any atom is 0.191 e. The largest absolute Gasteiger partial charge is 0.508 e. The number of phenols is 1. The fraction of sp³-hybridized carbons (Fsp3) is 0.316. The number of nitrogens with zero attached hydrogens (tertiary/aromatic N) is 1. The highest BCUT2D eigenvalue weighted by Crippen LogP contribution is 2.23. The second-order valence-electron chi connectivity index (χ2n) is 5.60. The van der Waals surface area contributed by atoms with Crippen molar-refractivity contribution in [2.75, 3.05) is 20.2 Å². The van der Waals surface area contributed by atoms with E-state index in [1.54, 1.807) is 18.2 Å². The molecule has 0 aliphatic carbocycles. The molecule has 3 N–H and O–H groups in total. The van der Waals surface area contributed by atoms with E-state index in [0.29, 0.717) is 31.2 Å². The van der Waals surface area contributed by atoms with E-state index in [9.17, 15) is 13.9 Å². The standard InChI is InChI=1S/C19H23F2N3O2/c1-3-22-19(24-12-14-10-15(20)5-7-17(14)21)23-9-8-13-4-6-16(26-2)11-18(13)25/h4-7,10-11,25H,3,8-9,12H2,1-2H3,(H2,22,23,24). The quantitative estimate of drug-likeness (QED) is 0.523. The van der Waals surface area contributed by atoms with Crippen molar-refractivity contribution in [2.24, 2.45) is 4.99 Å². The van der Waals surface area contributed by atoms with Crippen LogP contribution in [0.25, 0.3) is 0 Å². The molecule has 5 nitrogen and oxygen atoms in total. The molecule has 0 radical (unpaired) electrons. The number of benzene rings is 2. The van der Waals surface area contributed by atoms with Crippen molar-refractivity contribution >= 4 is 5.96 Å². The van der Waals surface area contributed by atoms with Gasteiger partial charge in [-0.1, -0.05) is 6.07 Å². The maximum atomic E-state index is 13.7. The van der Waals surface area contributed by atoms with Crippen molar-refractivity contribution in [1.29, 1.82) is 0 Å². The van der Waals surface area contributed by atoms with Gasteiger partial charge in [0.05, 0.1) is 13.7 Å². The normalized spacial score (nSPS) is 11.3. The first-order valence-corrected chi connectivity index (χ1v) is 8.35. The summed E-state index contributed by atoms with van der Waals surface area (Å²) in [6.07, 6.45) is 0.564. The minimum atomic E-state index is -0.496. The highest BCUT2D eigenvalue weighted by Gasteiger charge is 2.06. The number of nitrogens with one attached hydrogen (secondary N) is 2. The van der Waals surface area contributed by atoms with Crippen LogP contribution < -0.4 is 15.4 Å². The Morgan fingerprint density at radius 1 is 1.12 bits per heavy atom. The van der Waals surface area contributed by atoms with Crippen LogP contribution in [0.5, 0.6) is 11.5 Å². The van der Waals surface area contributed by atoms with Gasteiger partial charge in [0.2, 0.25) is 0 Å². The van der Waals surface area contributed by atoms with Gasteiger partial charge < -0.3 is 20.5 Å². The van der Waals surface area contributed by atoms with Gasteiger partial charge >= 0.3 is 0 Å². The van der Waals surface area contributed by atoms with E-state index in [4.69, 9.17) is 4.74 Å². The van der Waals surface area contributed by atoms with E-state index in [-0.39, 0.29) is 17.9 Å². The Bertz CT molecular complexity index is 766. The second-order valence-corrected chi connectivity index (χ2v) is 5.60. The fourth-order valence-corrected chi connectivity index (χ4v) is 2.37. The molecule has 0 atom stereocenters. The third-order valence-corrected chi connectivity index (χ3v) is 3.74. The van der Waals surface area contributed by atoms with Crippen LogP contribution in [-0.4, -0.2) is 31.3 Å². The number of guanidine groups is 1. The van der Waals surface area contributed by atoms with Gasteiger partial charge in [0.25, 0.3) is 0 Å². The zero-order valence-electron chi connectivity index (χ0n) is 14.9. The zero-order valence-corrected chi connectivity index (χ0v) is 14.9. The minimum Gasteiger partial charge on any atom is -0.508 e. The summed E-state index contributed by atoms with van der Waals surface area (Å²) in [6, 6.07) is 8.43. The third kappa shape index (κ3) is 5.61. The molecule has 0 saturated carbocycles. The third-order valence-electron chi connectivity index (χ3n) is 3.74. The molecule has 0 spiro atoms. The number of methoxy groups -OCH3 is 1. The number of rotatable bonds is 7. The summed E-state index contributed by atoms with van der Waals surface area (Å²) >= 11 is 0. The van der Waals surface area contributed by atoms with Crippen LogP contribution in [0.3, 0.4) is 0 Å². The van der Waals surface area contributed by atoms with E-state index in [2.05, 4.69) is 15.6 Å². The lowest BCUT2D eigenvalue weighted by Crippen LogP contribution is -2.38. The Morgan fingerprint density at radius 3 is 2.62 bits per heavy atom. The molecule has 0 saturated heterocycles. The lowest BCUT2D eigenvalue weighted by Gasteiger charge is -2.12. The average Bonchev–Trinajstić information content (AvgIpc) is 2.63. The van der Waals surface area contributed by atoms with Gasteiger partial charge in [-0.3, -0.25) is 0 Å². The van der Waals surface area contributed by atoms with Gasteiger partial charge in [-0.15, -0.1) is 0 Å². The first kappa shape index (κ1) is 19.5. The van der Waals surface area contributed by atoms with E-state index in [1.165, 1.54) is 7.11 Å². The molecule has 0 aromatic heterocycles. The smallest absolute Gasteiger partial charge is 0.191 e. The summed E-state index contributed by atoms with van der Waals surface area (Å²) in [4.78, 5) is 4.27. The highest BCUT2D eigenvalue weighted by atomic mass is 19.1. The number of aliphatic imine (C=N–C) groups is 1. The molecular weight excluding hydrogens is 340 g/mol. The van der Waals surface area contributed by atoms with E-state index >= 15 is 0 Å². The molecule has 0 fully saturated rings. The summed E-state index contributed by atoms with van der Waals surface area (Å²) in [6.45, 7) is 3.07. The van der Waals surface area contributed by atoms with Crippen LogP contribution in [0, 0.1) is 11.6 Å². The molecular formula is C19H23F2N3O2. The number of hydrogen-bond donors (Lipinski definition) is 3. The predicted molar refractivity (Wildman–Crippen MR) is 97.5 cm³/mol. The van der Waals surface area contributed by atoms with Crippen molar-refractivity contribution in [3.05, 3.63) is 59.2 Å². The lowest BCUT2D eigenvalue weighted by molar-refractivity contribution is 0.406. The molecule has 2 aromatic rings. The molecule has 0 aliphatic heterocycles. The van der Waals surface area contributed by atoms with Crippen LogP contribution in [0.2, 0.25) is 0 Å². The monoisotopic (exact) mass is 363 g/mol. The number of halogens is 2. The fourth-order valence-electron chi connectivity index (χ4n) is 2.37. The maximum absolute atomic E-state index is 13.7. The Labute approximate surface area is 151 Å². The molecule has 2 aromatic carbocycles. The lowest BCUT2D eigenvalue weighted by atomic mass is 10.1. The average molecular weight is 363 g/mol. The van der Waals surface area contributed by atoms with Gasteiger partial charge in [0, 0.05) is 24.7 Å². The summed E-state index contributed by atoms with van der Waals surface area (Å²) in [7, 11) is 1.54. The first-order chi connectivity index (χ1) is 12.5. The molecule has 0 bridgehead atoms. The molecule has 7 heteroatoms. The van der Waals surface area contributed by atoms with Crippen molar-refractivity contribution < 1.29 is 18.6 Å². The molecule has 0 aliphatic rings. The molecule has 0 heterocycles. The predicted octanol–water partition coefficient (Wildman–Crippen LogP) is 2.98. The van der Waals surface area contributed by atoms with Gasteiger partial charge in [-0.25, -0.2) is 13.8 Å². The Hall–Kier alpha value is -2.83. The van der Waals surface area contributed by atoms with Crippen molar-refractivity contribution in [2.45, 2.75) is 19.9 Å².